The van der Waals surface area contributed by atoms with Gasteiger partial charge in [0.2, 0.25) is 0 Å². The molecule has 0 fully saturated rings. The summed E-state index contributed by atoms with van der Waals surface area (Å²) in [6.45, 7) is 0. The van der Waals surface area contributed by atoms with Crippen LogP contribution in [0.25, 0.3) is 111 Å². The number of rotatable bonds is 6. The van der Waals surface area contributed by atoms with E-state index in [2.05, 4.69) is 115 Å². The lowest BCUT2D eigenvalue weighted by atomic mass is 9.92. The second-order valence-corrected chi connectivity index (χ2v) is 13.9. The molecule has 5 nitrogen and oxygen atoms in total. The number of fused-ring (bicyclic) bond motifs is 6. The third-order valence-corrected chi connectivity index (χ3v) is 10.6. The Kier molecular flexibility index (Phi) is 7.42. The normalized spacial score (nSPS) is 11.6. The van der Waals surface area contributed by atoms with Gasteiger partial charge in [0.1, 0.15) is 22.3 Å². The number of para-hydroxylation sites is 2. The fourth-order valence-electron chi connectivity index (χ4n) is 7.90. The monoisotopic (exact) mass is 717 g/mol. The standard InChI is InChI=1S/C51H31N3O2/c1-5-16-32(17-6-1)36-30-42(34-20-9-3-10-21-34)47-43(31-36)45-37(33-18-7-2-8-19-33)28-29-41(48(45)56-47)51-53-49(35-22-11-4-12-23-35)52-50(54-51)40-26-15-25-39-38-24-13-14-27-44(38)55-46(39)40/h1-31H. The van der Waals surface area contributed by atoms with Crippen LogP contribution in [0, 0.1) is 0 Å². The molecule has 0 amide bonds. The lowest BCUT2D eigenvalue weighted by Gasteiger charge is -2.11. The van der Waals surface area contributed by atoms with E-state index in [0.717, 1.165) is 88.4 Å². The first-order chi connectivity index (χ1) is 27.8. The fourth-order valence-corrected chi connectivity index (χ4v) is 7.90. The van der Waals surface area contributed by atoms with Crippen molar-refractivity contribution in [2.75, 3.05) is 0 Å². The Morgan fingerprint density at radius 1 is 0.286 bits per heavy atom. The van der Waals surface area contributed by atoms with Crippen molar-refractivity contribution < 1.29 is 8.83 Å². The van der Waals surface area contributed by atoms with E-state index in [1.165, 1.54) is 0 Å². The first-order valence-electron chi connectivity index (χ1n) is 18.7. The van der Waals surface area contributed by atoms with E-state index < -0.39 is 0 Å². The Morgan fingerprint density at radius 2 is 0.804 bits per heavy atom. The summed E-state index contributed by atoms with van der Waals surface area (Å²) < 4.78 is 13.6. The van der Waals surface area contributed by atoms with Gasteiger partial charge in [0.25, 0.3) is 0 Å². The molecule has 5 heteroatoms. The molecule has 0 saturated carbocycles. The first kappa shape index (κ1) is 31.9. The number of benzene rings is 8. The maximum atomic E-state index is 7.16. The smallest absolute Gasteiger partial charge is 0.167 e. The van der Waals surface area contributed by atoms with E-state index >= 15 is 0 Å². The maximum absolute atomic E-state index is 7.16. The molecule has 56 heavy (non-hydrogen) atoms. The lowest BCUT2D eigenvalue weighted by Crippen LogP contribution is -2.00. The maximum Gasteiger partial charge on any atom is 0.167 e. The van der Waals surface area contributed by atoms with Crippen LogP contribution in [0.1, 0.15) is 0 Å². The van der Waals surface area contributed by atoms with Gasteiger partial charge in [0, 0.05) is 32.7 Å². The van der Waals surface area contributed by atoms with Crippen LogP contribution in [0.15, 0.2) is 197 Å². The Morgan fingerprint density at radius 3 is 1.50 bits per heavy atom. The molecule has 11 rings (SSSR count). The second kappa shape index (κ2) is 13.0. The summed E-state index contributed by atoms with van der Waals surface area (Å²) in [5.74, 6) is 1.59. The number of nitrogens with zero attached hydrogens (tertiary/aromatic N) is 3. The van der Waals surface area contributed by atoms with Crippen LogP contribution >= 0.6 is 0 Å². The van der Waals surface area contributed by atoms with Gasteiger partial charge in [-0.15, -0.1) is 0 Å². The predicted molar refractivity (Wildman–Crippen MR) is 227 cm³/mol. The Labute approximate surface area is 322 Å². The van der Waals surface area contributed by atoms with Gasteiger partial charge in [-0.05, 0) is 58.1 Å². The van der Waals surface area contributed by atoms with Gasteiger partial charge in [0.05, 0.1) is 11.1 Å². The summed E-state index contributed by atoms with van der Waals surface area (Å²) >= 11 is 0. The van der Waals surface area contributed by atoms with Crippen molar-refractivity contribution in [1.82, 2.24) is 15.0 Å². The third kappa shape index (κ3) is 5.29. The summed E-state index contributed by atoms with van der Waals surface area (Å²) in [5.41, 5.74) is 12.0. The van der Waals surface area contributed by atoms with Gasteiger partial charge in [-0.1, -0.05) is 158 Å². The van der Waals surface area contributed by atoms with E-state index in [1.54, 1.807) is 0 Å². The summed E-state index contributed by atoms with van der Waals surface area (Å²) in [7, 11) is 0. The minimum absolute atomic E-state index is 0.509. The van der Waals surface area contributed by atoms with Crippen molar-refractivity contribution in [3.8, 4) is 67.5 Å². The highest BCUT2D eigenvalue weighted by Gasteiger charge is 2.24. The molecule has 0 bridgehead atoms. The molecule has 0 radical (unpaired) electrons. The van der Waals surface area contributed by atoms with E-state index in [9.17, 15) is 0 Å². The lowest BCUT2D eigenvalue weighted by molar-refractivity contribution is 0.669. The zero-order chi connectivity index (χ0) is 37.0. The topological polar surface area (TPSA) is 65.0 Å². The molecule has 3 heterocycles. The average molecular weight is 718 g/mol. The van der Waals surface area contributed by atoms with E-state index in [0.29, 0.717) is 23.1 Å². The van der Waals surface area contributed by atoms with Gasteiger partial charge in [0.15, 0.2) is 17.5 Å². The van der Waals surface area contributed by atoms with Gasteiger partial charge >= 0.3 is 0 Å². The van der Waals surface area contributed by atoms with Crippen molar-refractivity contribution in [2.24, 2.45) is 0 Å². The molecule has 0 atom stereocenters. The van der Waals surface area contributed by atoms with Crippen molar-refractivity contribution >= 4 is 43.9 Å². The molecule has 0 aliphatic carbocycles. The highest BCUT2D eigenvalue weighted by atomic mass is 16.3. The SMILES string of the molecule is c1ccc(-c2cc(-c3ccccc3)c3oc4c(-c5nc(-c6ccccc6)nc(-c6cccc7c6oc6ccccc67)n5)ccc(-c5ccccc5)c4c3c2)cc1. The highest BCUT2D eigenvalue weighted by Crippen LogP contribution is 2.46. The number of hydrogen-bond donors (Lipinski definition) is 0. The molecule has 0 unspecified atom stereocenters. The van der Waals surface area contributed by atoms with Crippen molar-refractivity contribution in [1.29, 1.82) is 0 Å². The highest BCUT2D eigenvalue weighted by molar-refractivity contribution is 6.19. The average Bonchev–Trinajstić information content (AvgIpc) is 3.86. The van der Waals surface area contributed by atoms with Gasteiger partial charge in [-0.2, -0.15) is 0 Å². The minimum atomic E-state index is 0.509. The van der Waals surface area contributed by atoms with Crippen LogP contribution in [0.5, 0.6) is 0 Å². The second-order valence-electron chi connectivity index (χ2n) is 13.9. The quantitative estimate of drug-likeness (QED) is 0.171. The molecule has 11 aromatic rings. The van der Waals surface area contributed by atoms with Crippen LogP contribution in [0.2, 0.25) is 0 Å². The van der Waals surface area contributed by atoms with Gasteiger partial charge < -0.3 is 8.83 Å². The van der Waals surface area contributed by atoms with Crippen LogP contribution in [0.3, 0.4) is 0 Å². The molecule has 0 spiro atoms. The molecule has 0 N–H and O–H groups in total. The summed E-state index contributed by atoms with van der Waals surface area (Å²) in [6, 6.07) is 64.5. The fraction of sp³-hybridized carbons (Fsp3) is 0. The summed E-state index contributed by atoms with van der Waals surface area (Å²) in [5, 5.41) is 4.08. The molecule has 0 aliphatic rings. The van der Waals surface area contributed by atoms with Crippen LogP contribution in [0.4, 0.5) is 0 Å². The first-order valence-corrected chi connectivity index (χ1v) is 18.7. The van der Waals surface area contributed by atoms with Gasteiger partial charge in [-0.3, -0.25) is 0 Å². The van der Waals surface area contributed by atoms with Gasteiger partial charge in [-0.25, -0.2) is 15.0 Å². The van der Waals surface area contributed by atoms with E-state index in [4.69, 9.17) is 23.8 Å². The van der Waals surface area contributed by atoms with E-state index in [1.807, 2.05) is 72.8 Å². The zero-order valence-electron chi connectivity index (χ0n) is 30.1. The van der Waals surface area contributed by atoms with E-state index in [-0.39, 0.29) is 0 Å². The summed E-state index contributed by atoms with van der Waals surface area (Å²) in [6.07, 6.45) is 0. The number of hydrogen-bond acceptors (Lipinski definition) is 5. The summed E-state index contributed by atoms with van der Waals surface area (Å²) in [4.78, 5) is 15.5. The number of furan rings is 2. The zero-order valence-corrected chi connectivity index (χ0v) is 30.1. The van der Waals surface area contributed by atoms with Crippen LogP contribution in [-0.4, -0.2) is 15.0 Å². The van der Waals surface area contributed by atoms with Crippen molar-refractivity contribution in [3.63, 3.8) is 0 Å². The largest absolute Gasteiger partial charge is 0.455 e. The molecule has 0 aliphatic heterocycles. The minimum Gasteiger partial charge on any atom is -0.455 e. The predicted octanol–water partition coefficient (Wildman–Crippen LogP) is 13.7. The molecule has 262 valence electrons. The Balaban J connectivity index is 1.23. The molecular weight excluding hydrogens is 687 g/mol. The van der Waals surface area contributed by atoms with Crippen LogP contribution in [-0.2, 0) is 0 Å². The Bertz CT molecular complexity index is 3230. The molecule has 3 aromatic heterocycles. The Hall–Kier alpha value is -7.63. The number of aromatic nitrogens is 3. The molecule has 0 saturated heterocycles. The van der Waals surface area contributed by atoms with Crippen molar-refractivity contribution in [2.45, 2.75) is 0 Å². The van der Waals surface area contributed by atoms with Crippen LogP contribution < -0.4 is 0 Å². The van der Waals surface area contributed by atoms with Crippen molar-refractivity contribution in [3.05, 3.63) is 188 Å². The molecular formula is C51H31N3O2. The molecule has 8 aromatic carbocycles. The third-order valence-electron chi connectivity index (χ3n) is 10.6.